The molecule has 3 nitrogen and oxygen atoms in total. The van der Waals surface area contributed by atoms with E-state index in [4.69, 9.17) is 9.15 Å². The van der Waals surface area contributed by atoms with Crippen LogP contribution in [0.2, 0.25) is 0 Å². The molecule has 0 aliphatic carbocycles. The maximum atomic E-state index is 5.32. The molecule has 0 N–H and O–H groups in total. The van der Waals surface area contributed by atoms with Crippen LogP contribution < -0.4 is 4.74 Å². The molecular weight excluding hydrogens is 166 g/mol. The van der Waals surface area contributed by atoms with E-state index in [0.29, 0.717) is 12.4 Å². The van der Waals surface area contributed by atoms with E-state index in [1.807, 2.05) is 18.2 Å². The van der Waals surface area contributed by atoms with E-state index in [-0.39, 0.29) is 0 Å². The van der Waals surface area contributed by atoms with Gasteiger partial charge in [-0.1, -0.05) is 6.07 Å². The summed E-state index contributed by atoms with van der Waals surface area (Å²) in [7, 11) is 0. The van der Waals surface area contributed by atoms with Crippen molar-refractivity contribution in [2.45, 2.75) is 6.61 Å². The Morgan fingerprint density at radius 2 is 2.38 bits per heavy atom. The summed E-state index contributed by atoms with van der Waals surface area (Å²) in [5.74, 6) is 0.602. The highest BCUT2D eigenvalue weighted by atomic mass is 16.5. The van der Waals surface area contributed by atoms with E-state index >= 15 is 0 Å². The minimum Gasteiger partial charge on any atom is -0.483 e. The molecule has 2 aromatic heterocycles. The second-order valence-electron chi connectivity index (χ2n) is 2.50. The molecule has 0 saturated carbocycles. The van der Waals surface area contributed by atoms with Gasteiger partial charge in [-0.2, -0.15) is 0 Å². The van der Waals surface area contributed by atoms with E-state index in [1.165, 1.54) is 6.26 Å². The molecule has 0 saturated heterocycles. The van der Waals surface area contributed by atoms with E-state index in [2.05, 4.69) is 11.2 Å². The summed E-state index contributed by atoms with van der Waals surface area (Å²) >= 11 is 0. The molecule has 0 amide bonds. The van der Waals surface area contributed by atoms with E-state index in [0.717, 1.165) is 5.69 Å². The van der Waals surface area contributed by atoms with Crippen molar-refractivity contribution in [3.8, 4) is 5.75 Å². The van der Waals surface area contributed by atoms with Crippen molar-refractivity contribution in [2.24, 2.45) is 0 Å². The summed E-state index contributed by atoms with van der Waals surface area (Å²) in [5, 5.41) is 0. The lowest BCUT2D eigenvalue weighted by Crippen LogP contribution is -1.96. The van der Waals surface area contributed by atoms with Crippen LogP contribution in [0, 0.1) is 6.26 Å². The van der Waals surface area contributed by atoms with Crippen LogP contribution >= 0.6 is 0 Å². The van der Waals surface area contributed by atoms with Crippen LogP contribution in [0.3, 0.4) is 0 Å². The van der Waals surface area contributed by atoms with Crippen LogP contribution in [0.1, 0.15) is 5.69 Å². The van der Waals surface area contributed by atoms with Gasteiger partial charge in [0.25, 0.3) is 0 Å². The van der Waals surface area contributed by atoms with Crippen molar-refractivity contribution in [1.29, 1.82) is 0 Å². The lowest BCUT2D eigenvalue weighted by atomic mass is 10.4. The van der Waals surface area contributed by atoms with Crippen molar-refractivity contribution < 1.29 is 9.15 Å². The number of furan rings is 1. The first kappa shape index (κ1) is 7.86. The van der Waals surface area contributed by atoms with Crippen LogP contribution in [0.15, 0.2) is 41.1 Å². The van der Waals surface area contributed by atoms with Gasteiger partial charge in [-0.15, -0.1) is 0 Å². The molecule has 2 aromatic rings. The zero-order valence-corrected chi connectivity index (χ0v) is 6.93. The molecule has 0 aromatic carbocycles. The van der Waals surface area contributed by atoms with E-state index in [1.54, 1.807) is 12.3 Å². The number of nitrogens with zero attached hydrogens (tertiary/aromatic N) is 1. The molecule has 0 spiro atoms. The van der Waals surface area contributed by atoms with Crippen LogP contribution in [-0.4, -0.2) is 4.98 Å². The highest BCUT2D eigenvalue weighted by Crippen LogP contribution is 2.10. The Balaban J connectivity index is 1.94. The Kier molecular flexibility index (Phi) is 2.27. The third-order valence-electron chi connectivity index (χ3n) is 1.55. The summed E-state index contributed by atoms with van der Waals surface area (Å²) in [5.41, 5.74) is 0.886. The molecule has 65 valence electrons. The summed E-state index contributed by atoms with van der Waals surface area (Å²) < 4.78 is 10.1. The molecular formula is C10H8NO2. The SMILES string of the molecule is [c]1occc1OCc1ccccn1. The Bertz CT molecular complexity index is 342. The monoisotopic (exact) mass is 174 g/mol. The fourth-order valence-electron chi connectivity index (χ4n) is 0.935. The highest BCUT2D eigenvalue weighted by Gasteiger charge is 1.96. The molecule has 13 heavy (non-hydrogen) atoms. The Morgan fingerprint density at radius 1 is 1.38 bits per heavy atom. The van der Waals surface area contributed by atoms with E-state index < -0.39 is 0 Å². The third kappa shape index (κ3) is 2.08. The second-order valence-corrected chi connectivity index (χ2v) is 2.50. The van der Waals surface area contributed by atoms with Gasteiger partial charge < -0.3 is 9.15 Å². The predicted molar refractivity (Wildman–Crippen MR) is 46.1 cm³/mol. The number of rotatable bonds is 3. The van der Waals surface area contributed by atoms with Gasteiger partial charge in [-0.05, 0) is 12.1 Å². The number of hydrogen-bond acceptors (Lipinski definition) is 3. The fraction of sp³-hybridized carbons (Fsp3) is 0.100. The topological polar surface area (TPSA) is 35.3 Å². The maximum absolute atomic E-state index is 5.32. The van der Waals surface area contributed by atoms with Crippen LogP contribution in [0.25, 0.3) is 0 Å². The van der Waals surface area contributed by atoms with Crippen molar-refractivity contribution in [3.63, 3.8) is 0 Å². The minimum absolute atomic E-state index is 0.441. The molecule has 0 unspecified atom stereocenters. The van der Waals surface area contributed by atoms with Crippen molar-refractivity contribution in [1.82, 2.24) is 4.98 Å². The van der Waals surface area contributed by atoms with Crippen LogP contribution in [-0.2, 0) is 6.61 Å². The summed E-state index contributed by atoms with van der Waals surface area (Å²) in [4.78, 5) is 4.11. The highest BCUT2D eigenvalue weighted by molar-refractivity contribution is 5.12. The third-order valence-corrected chi connectivity index (χ3v) is 1.55. The molecule has 1 radical (unpaired) electrons. The predicted octanol–water partition coefficient (Wildman–Crippen LogP) is 2.05. The van der Waals surface area contributed by atoms with Gasteiger partial charge in [0.2, 0.25) is 6.26 Å². The van der Waals surface area contributed by atoms with Crippen LogP contribution in [0.4, 0.5) is 0 Å². The Morgan fingerprint density at radius 3 is 3.08 bits per heavy atom. The second kappa shape index (κ2) is 3.76. The van der Waals surface area contributed by atoms with Gasteiger partial charge in [0.05, 0.1) is 12.0 Å². The molecule has 0 atom stereocenters. The van der Waals surface area contributed by atoms with Gasteiger partial charge in [-0.3, -0.25) is 4.98 Å². The number of pyridine rings is 1. The lowest BCUT2D eigenvalue weighted by Gasteiger charge is -2.00. The quantitative estimate of drug-likeness (QED) is 0.714. The molecule has 0 aliphatic rings. The summed E-state index contributed by atoms with van der Waals surface area (Å²) in [6, 6.07) is 7.40. The summed E-state index contributed by atoms with van der Waals surface area (Å²) in [6.45, 7) is 0.441. The van der Waals surface area contributed by atoms with Crippen molar-refractivity contribution in [3.05, 3.63) is 48.7 Å². The first-order valence-electron chi connectivity index (χ1n) is 3.93. The van der Waals surface area contributed by atoms with Gasteiger partial charge in [0.15, 0.2) is 5.75 Å². The first-order chi connectivity index (χ1) is 6.45. The molecule has 2 heterocycles. The van der Waals surface area contributed by atoms with E-state index in [9.17, 15) is 0 Å². The normalized spacial score (nSPS) is 9.85. The largest absolute Gasteiger partial charge is 0.483 e. The molecule has 0 aliphatic heterocycles. The number of hydrogen-bond donors (Lipinski definition) is 0. The Labute approximate surface area is 76.0 Å². The Hall–Kier alpha value is -1.77. The average Bonchev–Trinajstić information content (AvgIpc) is 2.69. The first-order valence-corrected chi connectivity index (χ1v) is 3.93. The average molecular weight is 174 g/mol. The lowest BCUT2D eigenvalue weighted by molar-refractivity contribution is 0.296. The van der Waals surface area contributed by atoms with Gasteiger partial charge >= 0.3 is 0 Å². The van der Waals surface area contributed by atoms with Gasteiger partial charge in [0.1, 0.15) is 6.61 Å². The zero-order valence-electron chi connectivity index (χ0n) is 6.93. The maximum Gasteiger partial charge on any atom is 0.214 e. The van der Waals surface area contributed by atoms with Crippen LogP contribution in [0.5, 0.6) is 5.75 Å². The fourth-order valence-corrected chi connectivity index (χ4v) is 0.935. The van der Waals surface area contributed by atoms with Gasteiger partial charge in [-0.25, -0.2) is 0 Å². The number of aromatic nitrogens is 1. The molecule has 2 rings (SSSR count). The van der Waals surface area contributed by atoms with Gasteiger partial charge in [0, 0.05) is 12.3 Å². The standard InChI is InChI=1S/C10H8NO2/c1-2-5-11-9(3-1)7-13-10-4-6-12-8-10/h1-6H,7H2. The molecule has 0 fully saturated rings. The summed E-state index contributed by atoms with van der Waals surface area (Å²) in [6.07, 6.45) is 5.84. The zero-order chi connectivity index (χ0) is 8.93. The minimum atomic E-state index is 0.441. The smallest absolute Gasteiger partial charge is 0.214 e. The van der Waals surface area contributed by atoms with Crippen molar-refractivity contribution >= 4 is 0 Å². The van der Waals surface area contributed by atoms with Crippen molar-refractivity contribution in [2.75, 3.05) is 0 Å². The molecule has 0 bridgehead atoms. The molecule has 3 heteroatoms. The number of ether oxygens (including phenoxy) is 1.